The molecule has 1 N–H and O–H groups in total. The molecule has 0 bridgehead atoms. The molecule has 2 aromatic rings. The maximum atomic E-state index is 13.3. The summed E-state index contributed by atoms with van der Waals surface area (Å²) in [5.74, 6) is -1.08. The summed E-state index contributed by atoms with van der Waals surface area (Å²) >= 11 is 1.36. The van der Waals surface area contributed by atoms with Gasteiger partial charge in [0, 0.05) is 17.1 Å². The molecule has 30 heavy (non-hydrogen) atoms. The molecule has 0 saturated heterocycles. The minimum Gasteiger partial charge on any atom is -0.467 e. The van der Waals surface area contributed by atoms with Gasteiger partial charge in [0.05, 0.1) is 7.11 Å². The number of hydrogen-bond donors (Lipinski definition) is 1. The zero-order chi connectivity index (χ0) is 21.5. The van der Waals surface area contributed by atoms with Crippen molar-refractivity contribution in [1.29, 1.82) is 0 Å². The minimum absolute atomic E-state index is 0.107. The van der Waals surface area contributed by atoms with E-state index in [1.54, 1.807) is 16.7 Å². The summed E-state index contributed by atoms with van der Waals surface area (Å²) in [4.78, 5) is 39.4. The van der Waals surface area contributed by atoms with Gasteiger partial charge in [-0.3, -0.25) is 9.59 Å². The van der Waals surface area contributed by atoms with Crippen LogP contribution < -0.4 is 10.9 Å². The number of rotatable bonds is 7. The molecule has 3 rings (SSSR count). The molecule has 7 heteroatoms. The lowest BCUT2D eigenvalue weighted by Gasteiger charge is -2.21. The van der Waals surface area contributed by atoms with Crippen molar-refractivity contribution in [3.8, 4) is 0 Å². The molecule has 1 aliphatic carbocycles. The van der Waals surface area contributed by atoms with Crippen molar-refractivity contribution < 1.29 is 14.3 Å². The minimum atomic E-state index is -0.923. The van der Waals surface area contributed by atoms with Crippen LogP contribution >= 0.6 is 11.3 Å². The Kier molecular flexibility index (Phi) is 7.85. The molecule has 0 aliphatic heterocycles. The average Bonchev–Trinajstić information content (AvgIpc) is 3.26. The Morgan fingerprint density at radius 2 is 2.00 bits per heavy atom. The first-order valence-electron chi connectivity index (χ1n) is 10.7. The van der Waals surface area contributed by atoms with Crippen LogP contribution in [-0.2, 0) is 28.9 Å². The van der Waals surface area contributed by atoms with Gasteiger partial charge < -0.3 is 14.6 Å². The smallest absolute Gasteiger partial charge is 0.333 e. The van der Waals surface area contributed by atoms with Gasteiger partial charge in [0.25, 0.3) is 11.5 Å². The van der Waals surface area contributed by atoms with Crippen LogP contribution in [0.4, 0.5) is 0 Å². The van der Waals surface area contributed by atoms with Crippen molar-refractivity contribution in [1.82, 2.24) is 9.88 Å². The largest absolute Gasteiger partial charge is 0.467 e. The molecule has 0 radical (unpaired) electrons. The van der Waals surface area contributed by atoms with Gasteiger partial charge in [-0.15, -0.1) is 11.3 Å². The third kappa shape index (κ3) is 5.01. The van der Waals surface area contributed by atoms with Crippen molar-refractivity contribution in [3.05, 3.63) is 55.6 Å². The van der Waals surface area contributed by atoms with Crippen LogP contribution in [0.3, 0.4) is 0 Å². The van der Waals surface area contributed by atoms with Crippen LogP contribution in [0.1, 0.15) is 78.0 Å². The Morgan fingerprint density at radius 1 is 1.23 bits per heavy atom. The number of thiophene rings is 1. The van der Waals surface area contributed by atoms with Crippen molar-refractivity contribution in [2.24, 2.45) is 0 Å². The SMILES string of the molecule is CCCCn1c2c(cc(C(=O)NC(C(=O)OC)c3cccs3)c1=O)CCCCCC2. The number of pyridine rings is 1. The number of esters is 1. The van der Waals surface area contributed by atoms with E-state index >= 15 is 0 Å². The second-order valence-electron chi connectivity index (χ2n) is 7.70. The lowest BCUT2D eigenvalue weighted by atomic mass is 9.95. The number of aromatic nitrogens is 1. The number of amides is 1. The Balaban J connectivity index is 1.99. The lowest BCUT2D eigenvalue weighted by Crippen LogP contribution is -2.39. The van der Waals surface area contributed by atoms with Gasteiger partial charge in [0.15, 0.2) is 6.04 Å². The predicted molar refractivity (Wildman–Crippen MR) is 118 cm³/mol. The van der Waals surface area contributed by atoms with E-state index in [2.05, 4.69) is 12.2 Å². The molecule has 0 spiro atoms. The van der Waals surface area contributed by atoms with E-state index in [9.17, 15) is 14.4 Å². The monoisotopic (exact) mass is 430 g/mol. The first-order chi connectivity index (χ1) is 14.6. The number of ether oxygens (including phenoxy) is 1. The molecule has 1 unspecified atom stereocenters. The number of unbranched alkanes of at least 4 members (excludes halogenated alkanes) is 1. The number of carbonyl (C=O) groups is 2. The van der Waals surface area contributed by atoms with E-state index < -0.39 is 17.9 Å². The zero-order valence-electron chi connectivity index (χ0n) is 17.7. The maximum absolute atomic E-state index is 13.3. The molecule has 0 saturated carbocycles. The fourth-order valence-corrected chi connectivity index (χ4v) is 4.74. The van der Waals surface area contributed by atoms with Gasteiger partial charge in [-0.05, 0) is 55.2 Å². The summed E-state index contributed by atoms with van der Waals surface area (Å²) in [5, 5.41) is 4.56. The van der Waals surface area contributed by atoms with Gasteiger partial charge in [-0.1, -0.05) is 32.3 Å². The summed E-state index contributed by atoms with van der Waals surface area (Å²) in [6.45, 7) is 2.71. The van der Waals surface area contributed by atoms with E-state index in [1.807, 2.05) is 11.4 Å². The molecular formula is C23H30N2O4S. The van der Waals surface area contributed by atoms with Crippen LogP contribution in [0.15, 0.2) is 28.4 Å². The van der Waals surface area contributed by atoms with Gasteiger partial charge in [0.2, 0.25) is 0 Å². The van der Waals surface area contributed by atoms with Crippen LogP contribution in [0, 0.1) is 0 Å². The van der Waals surface area contributed by atoms with Crippen LogP contribution in [0.25, 0.3) is 0 Å². The normalized spacial score (nSPS) is 14.9. The first kappa shape index (κ1) is 22.3. The number of nitrogens with one attached hydrogen (secondary N) is 1. The number of aryl methyl sites for hydroxylation is 1. The van der Waals surface area contributed by atoms with Gasteiger partial charge >= 0.3 is 5.97 Å². The molecule has 0 aromatic carbocycles. The standard InChI is InChI=1S/C23H30N2O4S/c1-3-4-13-25-18-11-8-6-5-7-10-16(18)15-17(22(25)27)21(26)24-20(23(28)29-2)19-12-9-14-30-19/h9,12,14-15,20H,3-8,10-11,13H2,1-2H3,(H,24,26). The fourth-order valence-electron chi connectivity index (χ4n) is 3.98. The molecule has 1 amide bonds. The van der Waals surface area contributed by atoms with Gasteiger partial charge in [0.1, 0.15) is 5.56 Å². The van der Waals surface area contributed by atoms with Crippen LogP contribution in [0.2, 0.25) is 0 Å². The topological polar surface area (TPSA) is 77.4 Å². The van der Waals surface area contributed by atoms with Crippen molar-refractivity contribution in [2.75, 3.05) is 7.11 Å². The first-order valence-corrected chi connectivity index (χ1v) is 11.6. The number of hydrogen-bond acceptors (Lipinski definition) is 5. The summed E-state index contributed by atoms with van der Waals surface area (Å²) in [6.07, 6.45) is 8.05. The highest BCUT2D eigenvalue weighted by molar-refractivity contribution is 7.10. The van der Waals surface area contributed by atoms with Gasteiger partial charge in [-0.2, -0.15) is 0 Å². The quantitative estimate of drug-likeness (QED) is 0.673. The van der Waals surface area contributed by atoms with Crippen molar-refractivity contribution >= 4 is 23.2 Å². The molecule has 1 atom stereocenters. The third-order valence-electron chi connectivity index (χ3n) is 5.62. The summed E-state index contributed by atoms with van der Waals surface area (Å²) in [5.41, 5.74) is 2.00. The predicted octanol–water partition coefficient (Wildman–Crippen LogP) is 4.01. The summed E-state index contributed by atoms with van der Waals surface area (Å²) in [7, 11) is 1.29. The van der Waals surface area contributed by atoms with E-state index in [4.69, 9.17) is 4.74 Å². The Hall–Kier alpha value is -2.41. The molecule has 6 nitrogen and oxygen atoms in total. The Morgan fingerprint density at radius 3 is 2.67 bits per heavy atom. The highest BCUT2D eigenvalue weighted by Gasteiger charge is 2.27. The molecule has 2 aromatic heterocycles. The lowest BCUT2D eigenvalue weighted by molar-refractivity contribution is -0.143. The summed E-state index contributed by atoms with van der Waals surface area (Å²) in [6, 6.07) is 4.41. The van der Waals surface area contributed by atoms with Gasteiger partial charge in [-0.25, -0.2) is 4.79 Å². The highest BCUT2D eigenvalue weighted by Crippen LogP contribution is 2.23. The highest BCUT2D eigenvalue weighted by atomic mass is 32.1. The third-order valence-corrected chi connectivity index (χ3v) is 6.56. The number of carbonyl (C=O) groups excluding carboxylic acids is 2. The second-order valence-corrected chi connectivity index (χ2v) is 8.68. The van der Waals surface area contributed by atoms with Crippen LogP contribution in [0.5, 0.6) is 0 Å². The number of fused-ring (bicyclic) bond motifs is 1. The number of nitrogens with zero attached hydrogens (tertiary/aromatic N) is 1. The van der Waals surface area contributed by atoms with E-state index in [0.29, 0.717) is 11.4 Å². The Labute approximate surface area is 181 Å². The molecule has 162 valence electrons. The fraction of sp³-hybridized carbons (Fsp3) is 0.522. The van der Waals surface area contributed by atoms with Crippen molar-refractivity contribution in [3.63, 3.8) is 0 Å². The van der Waals surface area contributed by atoms with Crippen LogP contribution in [-0.4, -0.2) is 23.6 Å². The molecular weight excluding hydrogens is 400 g/mol. The molecule has 1 aliphatic rings. The van der Waals surface area contributed by atoms with E-state index in [-0.39, 0.29) is 11.1 Å². The number of methoxy groups -OCH3 is 1. The van der Waals surface area contributed by atoms with E-state index in [1.165, 1.54) is 24.9 Å². The summed E-state index contributed by atoms with van der Waals surface area (Å²) < 4.78 is 6.67. The Bertz CT molecular complexity index is 933. The molecule has 2 heterocycles. The van der Waals surface area contributed by atoms with E-state index in [0.717, 1.165) is 56.2 Å². The zero-order valence-corrected chi connectivity index (χ0v) is 18.6. The second kappa shape index (κ2) is 10.6. The maximum Gasteiger partial charge on any atom is 0.333 e. The van der Waals surface area contributed by atoms with Crippen molar-refractivity contribution in [2.45, 2.75) is 70.9 Å². The molecule has 0 fully saturated rings. The average molecular weight is 431 g/mol.